The third-order valence-electron chi connectivity index (χ3n) is 5.85. The number of carbonyl (C=O) groups excluding carboxylic acids is 2. The van der Waals surface area contributed by atoms with Crippen LogP contribution >= 0.6 is 0 Å². The fourth-order valence-corrected chi connectivity index (χ4v) is 5.98. The van der Waals surface area contributed by atoms with Crippen LogP contribution in [-0.2, 0) is 26.1 Å². The summed E-state index contributed by atoms with van der Waals surface area (Å²) < 4.78 is 38.3. The molecule has 0 unspecified atom stereocenters. The van der Waals surface area contributed by atoms with Crippen LogP contribution in [0, 0.1) is 19.8 Å². The number of hydrogen-bond acceptors (Lipinski definition) is 6. The van der Waals surface area contributed by atoms with E-state index in [1.54, 1.807) is 27.9 Å². The lowest BCUT2D eigenvalue weighted by molar-refractivity contribution is -0.126. The minimum Gasteiger partial charge on any atom is -0.497 e. The molecule has 0 radical (unpaired) electrons. The zero-order valence-electron chi connectivity index (χ0n) is 19.4. The van der Waals surface area contributed by atoms with Gasteiger partial charge in [0.05, 0.1) is 13.7 Å². The number of carbonyl (C=O) groups is 2. The number of aryl methyl sites for hydroxylation is 2. The Hall–Kier alpha value is -2.85. The molecule has 0 bridgehead atoms. The fourth-order valence-electron chi connectivity index (χ4n) is 4.09. The van der Waals surface area contributed by atoms with Crippen LogP contribution in [0.4, 0.5) is 0 Å². The normalized spacial score (nSPS) is 15.3. The highest BCUT2D eigenvalue weighted by molar-refractivity contribution is 7.89. The van der Waals surface area contributed by atoms with Gasteiger partial charge in [0, 0.05) is 36.9 Å². The number of sulfonamides is 1. The van der Waals surface area contributed by atoms with Crippen LogP contribution in [0.15, 0.2) is 29.2 Å². The monoisotopic (exact) mass is 477 g/mol. The summed E-state index contributed by atoms with van der Waals surface area (Å²) in [5, 5.41) is 2.93. The first kappa shape index (κ1) is 24.8. The first-order valence-corrected chi connectivity index (χ1v) is 12.4. The Balaban J connectivity index is 1.64. The van der Waals surface area contributed by atoms with E-state index in [2.05, 4.69) is 10.3 Å². The number of aromatic amines is 1. The molecule has 33 heavy (non-hydrogen) atoms. The number of amides is 1. The number of hydrogen-bond donors (Lipinski definition) is 2. The first-order chi connectivity index (χ1) is 15.7. The minimum atomic E-state index is -3.92. The molecule has 180 valence electrons. The van der Waals surface area contributed by atoms with Gasteiger partial charge in [-0.2, -0.15) is 4.31 Å². The highest BCUT2D eigenvalue weighted by Crippen LogP contribution is 2.30. The molecular weight excluding hydrogens is 446 g/mol. The Labute approximate surface area is 194 Å². The van der Waals surface area contributed by atoms with Crippen LogP contribution in [-0.4, -0.2) is 56.4 Å². The summed E-state index contributed by atoms with van der Waals surface area (Å²) >= 11 is 0. The minimum absolute atomic E-state index is 0.0409. The maximum atomic E-state index is 13.4. The second-order valence-corrected chi connectivity index (χ2v) is 9.92. The van der Waals surface area contributed by atoms with Gasteiger partial charge < -0.3 is 19.8 Å². The van der Waals surface area contributed by atoms with Gasteiger partial charge in [-0.3, -0.25) is 4.79 Å². The van der Waals surface area contributed by atoms with Gasteiger partial charge in [0.15, 0.2) is 0 Å². The van der Waals surface area contributed by atoms with Gasteiger partial charge in [-0.15, -0.1) is 0 Å². The second kappa shape index (κ2) is 10.4. The number of ether oxygens (including phenoxy) is 2. The summed E-state index contributed by atoms with van der Waals surface area (Å²) in [5.41, 5.74) is 1.86. The number of nitrogens with one attached hydrogen (secondary N) is 2. The Morgan fingerprint density at radius 2 is 1.76 bits per heavy atom. The SMILES string of the molecule is CCOC(=O)c1c(C)[nH]c(C)c1S(=O)(=O)N1CCC(C(=O)NCc2ccc(OC)cc2)CC1. The third-order valence-corrected chi connectivity index (χ3v) is 7.92. The maximum absolute atomic E-state index is 13.4. The molecule has 0 saturated carbocycles. The Morgan fingerprint density at radius 3 is 2.33 bits per heavy atom. The number of esters is 1. The Morgan fingerprint density at radius 1 is 1.12 bits per heavy atom. The molecule has 2 aromatic rings. The van der Waals surface area contributed by atoms with Crippen LogP contribution in [0.3, 0.4) is 0 Å². The Kier molecular flexibility index (Phi) is 7.80. The van der Waals surface area contributed by atoms with Gasteiger partial charge in [-0.05, 0) is 51.3 Å². The smallest absolute Gasteiger partial charge is 0.341 e. The van der Waals surface area contributed by atoms with Crippen molar-refractivity contribution < 1.29 is 27.5 Å². The number of rotatable bonds is 8. The summed E-state index contributed by atoms with van der Waals surface area (Å²) in [4.78, 5) is 27.9. The van der Waals surface area contributed by atoms with Crippen LogP contribution in [0.5, 0.6) is 5.75 Å². The molecule has 1 aliphatic heterocycles. The average Bonchev–Trinajstić information content (AvgIpc) is 3.12. The standard InChI is InChI=1S/C23H31N3O6S/c1-5-32-23(28)20-15(2)25-16(3)21(20)33(29,30)26-12-10-18(11-13-26)22(27)24-14-17-6-8-19(31-4)9-7-17/h6-9,18,25H,5,10-14H2,1-4H3,(H,24,27). The summed E-state index contributed by atoms with van der Waals surface area (Å²) in [6.07, 6.45) is 0.815. The van der Waals surface area contributed by atoms with Crippen molar-refractivity contribution in [3.8, 4) is 5.75 Å². The molecule has 2 N–H and O–H groups in total. The molecule has 1 aromatic heterocycles. The van der Waals surface area contributed by atoms with Crippen molar-refractivity contribution in [2.45, 2.75) is 45.1 Å². The molecule has 3 rings (SSSR count). The van der Waals surface area contributed by atoms with Gasteiger partial charge >= 0.3 is 5.97 Å². The van der Waals surface area contributed by atoms with E-state index in [0.717, 1.165) is 11.3 Å². The van der Waals surface area contributed by atoms with Crippen LogP contribution in [0.1, 0.15) is 47.1 Å². The largest absolute Gasteiger partial charge is 0.497 e. The predicted octanol–water partition coefficient (Wildman–Crippen LogP) is 2.53. The molecule has 1 saturated heterocycles. The van der Waals surface area contributed by atoms with E-state index in [-0.39, 0.29) is 42.0 Å². The molecule has 0 spiro atoms. The molecule has 1 aliphatic rings. The fraction of sp³-hybridized carbons (Fsp3) is 0.478. The molecular formula is C23H31N3O6S. The summed E-state index contributed by atoms with van der Waals surface area (Å²) in [6, 6.07) is 7.44. The molecule has 1 aromatic carbocycles. The van der Waals surface area contributed by atoms with Gasteiger partial charge in [-0.1, -0.05) is 12.1 Å². The molecule has 9 nitrogen and oxygen atoms in total. The van der Waals surface area contributed by atoms with Crippen molar-refractivity contribution in [1.29, 1.82) is 0 Å². The first-order valence-electron chi connectivity index (χ1n) is 11.0. The van der Waals surface area contributed by atoms with Crippen molar-refractivity contribution in [2.75, 3.05) is 26.8 Å². The van der Waals surface area contributed by atoms with Crippen molar-refractivity contribution in [3.05, 3.63) is 46.8 Å². The zero-order valence-corrected chi connectivity index (χ0v) is 20.3. The second-order valence-electron chi connectivity index (χ2n) is 8.04. The van der Waals surface area contributed by atoms with Gasteiger partial charge in [0.2, 0.25) is 15.9 Å². The lowest BCUT2D eigenvalue weighted by atomic mass is 9.97. The van der Waals surface area contributed by atoms with Gasteiger partial charge in [0.25, 0.3) is 0 Å². The van der Waals surface area contributed by atoms with E-state index in [9.17, 15) is 18.0 Å². The molecule has 1 amide bonds. The van der Waals surface area contributed by atoms with Crippen molar-refractivity contribution in [2.24, 2.45) is 5.92 Å². The van der Waals surface area contributed by atoms with Crippen molar-refractivity contribution in [3.63, 3.8) is 0 Å². The quantitative estimate of drug-likeness (QED) is 0.564. The van der Waals surface area contributed by atoms with E-state index in [4.69, 9.17) is 9.47 Å². The summed E-state index contributed by atoms with van der Waals surface area (Å²) in [5.74, 6) is -0.277. The zero-order chi connectivity index (χ0) is 24.2. The number of methoxy groups -OCH3 is 1. The van der Waals surface area contributed by atoms with E-state index < -0.39 is 16.0 Å². The lowest BCUT2D eigenvalue weighted by Crippen LogP contribution is -2.43. The van der Waals surface area contributed by atoms with E-state index in [0.29, 0.717) is 30.8 Å². The molecule has 1 fully saturated rings. The van der Waals surface area contributed by atoms with Crippen molar-refractivity contribution in [1.82, 2.24) is 14.6 Å². The average molecular weight is 478 g/mol. The molecule has 2 heterocycles. The predicted molar refractivity (Wildman–Crippen MR) is 123 cm³/mol. The van der Waals surface area contributed by atoms with Crippen molar-refractivity contribution >= 4 is 21.9 Å². The van der Waals surface area contributed by atoms with E-state index >= 15 is 0 Å². The van der Waals surface area contributed by atoms with Crippen LogP contribution in [0.2, 0.25) is 0 Å². The lowest BCUT2D eigenvalue weighted by Gasteiger charge is -2.30. The molecule has 0 aliphatic carbocycles. The van der Waals surface area contributed by atoms with E-state index in [1.807, 2.05) is 24.3 Å². The number of piperidine rings is 1. The maximum Gasteiger partial charge on any atom is 0.341 e. The third kappa shape index (κ3) is 5.39. The summed E-state index contributed by atoms with van der Waals surface area (Å²) in [7, 11) is -2.32. The van der Waals surface area contributed by atoms with E-state index in [1.165, 1.54) is 4.31 Å². The number of benzene rings is 1. The molecule has 0 atom stereocenters. The van der Waals surface area contributed by atoms with Crippen LogP contribution in [0.25, 0.3) is 0 Å². The highest BCUT2D eigenvalue weighted by atomic mass is 32.2. The highest BCUT2D eigenvalue weighted by Gasteiger charge is 2.37. The number of nitrogens with zero attached hydrogens (tertiary/aromatic N) is 1. The number of H-pyrrole nitrogens is 1. The molecule has 10 heteroatoms. The summed E-state index contributed by atoms with van der Waals surface area (Å²) in [6.45, 7) is 5.90. The topological polar surface area (TPSA) is 118 Å². The number of aromatic nitrogens is 1. The Bertz CT molecular complexity index is 1100. The van der Waals surface area contributed by atoms with Gasteiger partial charge in [0.1, 0.15) is 16.2 Å². The van der Waals surface area contributed by atoms with Gasteiger partial charge in [-0.25, -0.2) is 13.2 Å². The van der Waals surface area contributed by atoms with Crippen LogP contribution < -0.4 is 10.1 Å².